The Kier molecular flexibility index (Phi) is 3.15. The van der Waals surface area contributed by atoms with E-state index in [0.717, 1.165) is 24.1 Å². The molecule has 1 saturated carbocycles. The molecule has 1 aromatic rings. The van der Waals surface area contributed by atoms with Crippen LogP contribution in [0.4, 0.5) is 0 Å². The van der Waals surface area contributed by atoms with Crippen LogP contribution in [0.15, 0.2) is 0 Å². The molecule has 1 atom stereocenters. The van der Waals surface area contributed by atoms with Crippen LogP contribution in [0.5, 0.6) is 0 Å². The molecule has 2 heterocycles. The fourth-order valence-electron chi connectivity index (χ4n) is 2.77. The number of aromatic nitrogens is 2. The highest BCUT2D eigenvalue weighted by atomic mass is 35.5. The molecule has 3 rings (SSSR count). The molecule has 106 valence electrons. The van der Waals surface area contributed by atoms with Crippen molar-refractivity contribution in [3.8, 4) is 0 Å². The van der Waals surface area contributed by atoms with Crippen molar-refractivity contribution in [2.75, 3.05) is 11.5 Å². The van der Waals surface area contributed by atoms with Gasteiger partial charge in [-0.15, -0.1) is 11.6 Å². The highest BCUT2D eigenvalue weighted by Crippen LogP contribution is 2.45. The van der Waals surface area contributed by atoms with Crippen molar-refractivity contribution in [1.29, 1.82) is 0 Å². The summed E-state index contributed by atoms with van der Waals surface area (Å²) in [4.78, 5) is 0. The summed E-state index contributed by atoms with van der Waals surface area (Å²) in [7, 11) is -2.99. The Morgan fingerprint density at radius 1 is 1.47 bits per heavy atom. The number of halogens is 2. The summed E-state index contributed by atoms with van der Waals surface area (Å²) in [6.45, 7) is 1.91. The Bertz CT molecular complexity index is 622. The third-order valence-corrected chi connectivity index (χ3v) is 6.59. The first-order chi connectivity index (χ1) is 8.86. The number of alkyl halides is 1. The van der Waals surface area contributed by atoms with Crippen molar-refractivity contribution in [2.45, 2.75) is 43.5 Å². The van der Waals surface area contributed by atoms with Crippen LogP contribution in [0.25, 0.3) is 0 Å². The Morgan fingerprint density at radius 3 is 2.63 bits per heavy atom. The molecule has 2 aliphatic rings. The van der Waals surface area contributed by atoms with Gasteiger partial charge in [-0.05, 0) is 26.2 Å². The second-order valence-electron chi connectivity index (χ2n) is 5.81. The van der Waals surface area contributed by atoms with Gasteiger partial charge in [0.1, 0.15) is 5.15 Å². The van der Waals surface area contributed by atoms with Gasteiger partial charge in [-0.1, -0.05) is 11.6 Å². The minimum atomic E-state index is -2.99. The lowest BCUT2D eigenvalue weighted by Gasteiger charge is -2.23. The van der Waals surface area contributed by atoms with Gasteiger partial charge in [-0.2, -0.15) is 5.10 Å². The van der Waals surface area contributed by atoms with Crippen molar-refractivity contribution in [3.63, 3.8) is 0 Å². The summed E-state index contributed by atoms with van der Waals surface area (Å²) in [6.07, 6.45) is 2.79. The summed E-state index contributed by atoms with van der Waals surface area (Å²) in [5.41, 5.74) is 1.30. The fourth-order valence-corrected chi connectivity index (χ4v) is 5.62. The summed E-state index contributed by atoms with van der Waals surface area (Å²) in [5.74, 6) is 1.09. The zero-order valence-corrected chi connectivity index (χ0v) is 13.0. The lowest BCUT2D eigenvalue weighted by molar-refractivity contribution is 0.327. The maximum atomic E-state index is 11.7. The molecule has 1 aliphatic heterocycles. The van der Waals surface area contributed by atoms with Crippen molar-refractivity contribution < 1.29 is 8.42 Å². The molecule has 0 N–H and O–H groups in total. The minimum absolute atomic E-state index is 0.104. The first-order valence-electron chi connectivity index (χ1n) is 6.40. The van der Waals surface area contributed by atoms with Crippen LogP contribution in [0.2, 0.25) is 5.15 Å². The van der Waals surface area contributed by atoms with Crippen LogP contribution in [0.3, 0.4) is 0 Å². The Hall–Kier alpha value is -0.260. The molecule has 0 amide bonds. The molecule has 0 bridgehead atoms. The molecule has 4 nitrogen and oxygen atoms in total. The summed E-state index contributed by atoms with van der Waals surface area (Å²) < 4.78 is 25.2. The average molecular weight is 323 g/mol. The zero-order chi connectivity index (χ0) is 13.8. The van der Waals surface area contributed by atoms with Crippen LogP contribution in [0.1, 0.15) is 43.4 Å². The van der Waals surface area contributed by atoms with Crippen LogP contribution < -0.4 is 0 Å². The van der Waals surface area contributed by atoms with Crippen molar-refractivity contribution in [3.05, 3.63) is 16.4 Å². The van der Waals surface area contributed by atoms with Crippen LogP contribution >= 0.6 is 23.2 Å². The fraction of sp³-hybridized carbons (Fsp3) is 0.750. The van der Waals surface area contributed by atoms with E-state index in [9.17, 15) is 8.42 Å². The lowest BCUT2D eigenvalue weighted by atomic mass is 10.0. The molecule has 7 heteroatoms. The van der Waals surface area contributed by atoms with Gasteiger partial charge >= 0.3 is 0 Å². The molecule has 19 heavy (non-hydrogen) atoms. The summed E-state index contributed by atoms with van der Waals surface area (Å²) in [5, 5.41) is 5.11. The first kappa shape index (κ1) is 13.7. The van der Waals surface area contributed by atoms with E-state index < -0.39 is 15.4 Å². The smallest absolute Gasteiger partial charge is 0.152 e. The van der Waals surface area contributed by atoms with E-state index >= 15 is 0 Å². The topological polar surface area (TPSA) is 52.0 Å². The average Bonchev–Trinajstić information content (AvgIpc) is 3.04. The van der Waals surface area contributed by atoms with E-state index in [-0.39, 0.29) is 11.5 Å². The van der Waals surface area contributed by atoms with Crippen molar-refractivity contribution in [1.82, 2.24) is 9.78 Å². The van der Waals surface area contributed by atoms with Gasteiger partial charge in [0.15, 0.2) is 9.84 Å². The van der Waals surface area contributed by atoms with E-state index in [2.05, 4.69) is 5.10 Å². The molecule has 1 unspecified atom stereocenters. The van der Waals surface area contributed by atoms with Gasteiger partial charge in [-0.25, -0.2) is 13.1 Å². The van der Waals surface area contributed by atoms with E-state index in [4.69, 9.17) is 23.2 Å². The predicted octanol–water partition coefficient (Wildman–Crippen LogP) is 2.69. The van der Waals surface area contributed by atoms with Gasteiger partial charge in [0.2, 0.25) is 0 Å². The molecule has 2 fully saturated rings. The lowest BCUT2D eigenvalue weighted by Crippen LogP contribution is -2.32. The van der Waals surface area contributed by atoms with Crippen molar-refractivity contribution in [2.24, 2.45) is 0 Å². The SMILES string of the molecule is CC1(n2nc(C3CC3)c(CCl)c2Cl)CCS(=O)(=O)C1. The van der Waals surface area contributed by atoms with E-state index in [1.807, 2.05) is 6.92 Å². The maximum Gasteiger partial charge on any atom is 0.152 e. The standard InChI is InChI=1S/C12H16Cl2N2O2S/c1-12(4-5-19(17,18)7-12)16-11(14)9(6-13)10(15-16)8-2-3-8/h8H,2-7H2,1H3. The van der Waals surface area contributed by atoms with Crippen LogP contribution in [0, 0.1) is 0 Å². The van der Waals surface area contributed by atoms with E-state index in [0.29, 0.717) is 23.4 Å². The maximum absolute atomic E-state index is 11.7. The van der Waals surface area contributed by atoms with Gasteiger partial charge < -0.3 is 0 Å². The van der Waals surface area contributed by atoms with Crippen LogP contribution in [-0.4, -0.2) is 29.7 Å². The molecular formula is C12H16Cl2N2O2S. The quantitative estimate of drug-likeness (QED) is 0.804. The first-order valence-corrected chi connectivity index (χ1v) is 9.14. The number of sulfone groups is 1. The Labute approximate surface area is 123 Å². The molecule has 1 saturated heterocycles. The van der Waals surface area contributed by atoms with Crippen LogP contribution in [-0.2, 0) is 21.3 Å². The molecular weight excluding hydrogens is 307 g/mol. The molecule has 0 aromatic carbocycles. The summed E-state index contributed by atoms with van der Waals surface area (Å²) >= 11 is 12.4. The van der Waals surface area contributed by atoms with Crippen molar-refractivity contribution >= 4 is 33.0 Å². The largest absolute Gasteiger partial charge is 0.247 e. The Morgan fingerprint density at radius 2 is 2.16 bits per heavy atom. The number of hydrogen-bond donors (Lipinski definition) is 0. The summed E-state index contributed by atoms with van der Waals surface area (Å²) in [6, 6.07) is 0. The molecule has 0 spiro atoms. The third kappa shape index (κ3) is 2.30. The number of nitrogens with zero attached hydrogens (tertiary/aromatic N) is 2. The predicted molar refractivity (Wildman–Crippen MR) is 75.7 cm³/mol. The highest BCUT2D eigenvalue weighted by molar-refractivity contribution is 7.91. The second kappa shape index (κ2) is 4.37. The van der Waals surface area contributed by atoms with Gasteiger partial charge in [-0.3, -0.25) is 0 Å². The zero-order valence-electron chi connectivity index (χ0n) is 10.7. The Balaban J connectivity index is 2.06. The number of rotatable bonds is 3. The van der Waals surface area contributed by atoms with E-state index in [1.165, 1.54) is 0 Å². The monoisotopic (exact) mass is 322 g/mol. The third-order valence-electron chi connectivity index (χ3n) is 4.04. The molecule has 0 radical (unpaired) electrons. The number of hydrogen-bond acceptors (Lipinski definition) is 3. The highest BCUT2D eigenvalue weighted by Gasteiger charge is 2.43. The van der Waals surface area contributed by atoms with Gasteiger partial charge in [0.25, 0.3) is 0 Å². The molecule has 1 aliphatic carbocycles. The van der Waals surface area contributed by atoms with E-state index in [1.54, 1.807) is 4.68 Å². The normalized spacial score (nSPS) is 29.8. The van der Waals surface area contributed by atoms with Gasteiger partial charge in [0.05, 0.1) is 28.6 Å². The second-order valence-corrected chi connectivity index (χ2v) is 8.62. The van der Waals surface area contributed by atoms with Gasteiger partial charge in [0, 0.05) is 11.5 Å². The minimum Gasteiger partial charge on any atom is -0.247 e. The molecule has 1 aromatic heterocycles.